The van der Waals surface area contributed by atoms with Gasteiger partial charge in [-0.3, -0.25) is 0 Å². The first-order valence-corrected chi connectivity index (χ1v) is 4.60. The molecule has 0 bridgehead atoms. The quantitative estimate of drug-likeness (QED) is 0.605. The van der Waals surface area contributed by atoms with Crippen molar-refractivity contribution in [1.82, 2.24) is 0 Å². The van der Waals surface area contributed by atoms with Crippen LogP contribution in [0.3, 0.4) is 0 Å². The molecule has 0 aliphatic heterocycles. The Kier molecular flexibility index (Phi) is 1.91. The van der Waals surface area contributed by atoms with Crippen molar-refractivity contribution in [3.05, 3.63) is 29.8 Å². The third-order valence-corrected chi connectivity index (χ3v) is 2.89. The summed E-state index contributed by atoms with van der Waals surface area (Å²) >= 11 is 4.43. The molecule has 1 fully saturated rings. The lowest BCUT2D eigenvalue weighted by atomic mass is 9.80. The molecule has 0 saturated heterocycles. The minimum Gasteiger partial charge on any atom is -0.143 e. The fourth-order valence-electron chi connectivity index (χ4n) is 1.55. The maximum Gasteiger partial charge on any atom is 0.00748 e. The molecule has 1 aliphatic carbocycles. The van der Waals surface area contributed by atoms with Crippen LogP contribution in [-0.4, -0.2) is 0 Å². The Labute approximate surface area is 73.0 Å². The van der Waals surface area contributed by atoms with Gasteiger partial charge in [-0.2, -0.15) is 0 Å². The van der Waals surface area contributed by atoms with Crippen molar-refractivity contribution in [2.24, 2.45) is 0 Å². The van der Waals surface area contributed by atoms with Crippen LogP contribution in [0, 0.1) is 0 Å². The van der Waals surface area contributed by atoms with Crippen LogP contribution in [0.15, 0.2) is 29.2 Å². The summed E-state index contributed by atoms with van der Waals surface area (Å²) < 4.78 is 0. The Hall–Kier alpha value is -0.430. The van der Waals surface area contributed by atoms with Crippen LogP contribution in [0.5, 0.6) is 0 Å². The van der Waals surface area contributed by atoms with Crippen LogP contribution >= 0.6 is 12.6 Å². The highest BCUT2D eigenvalue weighted by Crippen LogP contribution is 2.38. The molecule has 1 aromatic carbocycles. The van der Waals surface area contributed by atoms with Crippen molar-refractivity contribution < 1.29 is 0 Å². The Morgan fingerprint density at radius 1 is 1.18 bits per heavy atom. The van der Waals surface area contributed by atoms with Crippen molar-refractivity contribution in [3.63, 3.8) is 0 Å². The zero-order valence-corrected chi connectivity index (χ0v) is 7.35. The molecule has 2 rings (SSSR count). The summed E-state index contributed by atoms with van der Waals surface area (Å²) in [7, 11) is 0. The molecule has 11 heavy (non-hydrogen) atoms. The van der Waals surface area contributed by atoms with E-state index in [9.17, 15) is 0 Å². The maximum absolute atomic E-state index is 4.43. The van der Waals surface area contributed by atoms with Crippen LogP contribution < -0.4 is 0 Å². The topological polar surface area (TPSA) is 0 Å². The van der Waals surface area contributed by atoms with Crippen molar-refractivity contribution in [2.75, 3.05) is 0 Å². The van der Waals surface area contributed by atoms with Gasteiger partial charge in [0.15, 0.2) is 0 Å². The van der Waals surface area contributed by atoms with Crippen molar-refractivity contribution in [1.29, 1.82) is 0 Å². The van der Waals surface area contributed by atoms with E-state index in [4.69, 9.17) is 0 Å². The minimum atomic E-state index is 0.809. The lowest BCUT2D eigenvalue weighted by Crippen LogP contribution is -2.08. The van der Waals surface area contributed by atoms with Gasteiger partial charge in [0.05, 0.1) is 0 Å². The molecule has 1 heteroatoms. The van der Waals surface area contributed by atoms with Gasteiger partial charge in [0.2, 0.25) is 0 Å². The molecule has 0 unspecified atom stereocenters. The van der Waals surface area contributed by atoms with Gasteiger partial charge in [0, 0.05) is 4.90 Å². The van der Waals surface area contributed by atoms with Crippen LogP contribution in [-0.2, 0) is 0 Å². The zero-order chi connectivity index (χ0) is 7.68. The van der Waals surface area contributed by atoms with Crippen molar-refractivity contribution >= 4 is 12.6 Å². The molecule has 1 saturated carbocycles. The van der Waals surface area contributed by atoms with Crippen LogP contribution in [0.1, 0.15) is 30.7 Å². The smallest absolute Gasteiger partial charge is 0.00748 e. The van der Waals surface area contributed by atoms with E-state index < -0.39 is 0 Å². The van der Waals surface area contributed by atoms with E-state index in [1.54, 1.807) is 0 Å². The standard InChI is InChI=1S/C10H12S/c11-10-7-2-1-6-9(10)8-4-3-5-8/h1-2,6-8,11H,3-5H2. The normalized spacial score (nSPS) is 17.9. The van der Waals surface area contributed by atoms with Crippen LogP contribution in [0.2, 0.25) is 0 Å². The SMILES string of the molecule is Sc1ccccc1C1CCC1. The van der Waals surface area contributed by atoms with Gasteiger partial charge in [0.25, 0.3) is 0 Å². The summed E-state index contributed by atoms with van der Waals surface area (Å²) in [5.74, 6) is 0.809. The van der Waals surface area contributed by atoms with Gasteiger partial charge < -0.3 is 0 Å². The number of hydrogen-bond acceptors (Lipinski definition) is 1. The molecule has 0 radical (unpaired) electrons. The van der Waals surface area contributed by atoms with Gasteiger partial charge in [-0.1, -0.05) is 24.6 Å². The van der Waals surface area contributed by atoms with Gasteiger partial charge in [-0.15, -0.1) is 12.6 Å². The predicted molar refractivity (Wildman–Crippen MR) is 50.3 cm³/mol. The molecule has 0 atom stereocenters. The molecule has 0 N–H and O–H groups in total. The molecular formula is C10H12S. The highest BCUT2D eigenvalue weighted by molar-refractivity contribution is 7.80. The maximum atomic E-state index is 4.43. The van der Waals surface area contributed by atoms with E-state index in [-0.39, 0.29) is 0 Å². The molecule has 0 amide bonds. The number of benzene rings is 1. The first-order valence-electron chi connectivity index (χ1n) is 4.16. The van der Waals surface area contributed by atoms with E-state index >= 15 is 0 Å². The third kappa shape index (κ3) is 1.30. The summed E-state index contributed by atoms with van der Waals surface area (Å²) in [6.07, 6.45) is 4.11. The molecular weight excluding hydrogens is 152 g/mol. The van der Waals surface area contributed by atoms with E-state index in [2.05, 4.69) is 30.8 Å². The Morgan fingerprint density at radius 3 is 2.45 bits per heavy atom. The Morgan fingerprint density at radius 2 is 1.91 bits per heavy atom. The predicted octanol–water partition coefficient (Wildman–Crippen LogP) is 3.24. The second kappa shape index (κ2) is 2.90. The highest BCUT2D eigenvalue weighted by Gasteiger charge is 2.20. The Bertz CT molecular complexity index is 251. The second-order valence-corrected chi connectivity index (χ2v) is 3.67. The van der Waals surface area contributed by atoms with Crippen molar-refractivity contribution in [3.8, 4) is 0 Å². The van der Waals surface area contributed by atoms with Gasteiger partial charge in [-0.05, 0) is 30.4 Å². The molecule has 0 nitrogen and oxygen atoms in total. The fourth-order valence-corrected chi connectivity index (χ4v) is 1.90. The highest BCUT2D eigenvalue weighted by atomic mass is 32.1. The number of hydrogen-bond donors (Lipinski definition) is 1. The average molecular weight is 164 g/mol. The fraction of sp³-hybridized carbons (Fsp3) is 0.400. The Balaban J connectivity index is 2.28. The largest absolute Gasteiger partial charge is 0.143 e. The third-order valence-electron chi connectivity index (χ3n) is 2.48. The van der Waals surface area contributed by atoms with Gasteiger partial charge in [-0.25, -0.2) is 0 Å². The number of thiol groups is 1. The molecule has 58 valence electrons. The number of rotatable bonds is 1. The van der Waals surface area contributed by atoms with E-state index in [1.807, 2.05) is 6.07 Å². The monoisotopic (exact) mass is 164 g/mol. The lowest BCUT2D eigenvalue weighted by Gasteiger charge is -2.26. The summed E-state index contributed by atoms with van der Waals surface area (Å²) in [6, 6.07) is 8.43. The molecule has 1 aromatic rings. The molecule has 0 heterocycles. The first-order chi connectivity index (χ1) is 5.38. The molecule has 0 spiro atoms. The summed E-state index contributed by atoms with van der Waals surface area (Å²) in [5, 5.41) is 0. The average Bonchev–Trinajstić information content (AvgIpc) is 1.90. The summed E-state index contributed by atoms with van der Waals surface area (Å²) in [5.41, 5.74) is 1.45. The molecule has 0 aromatic heterocycles. The lowest BCUT2D eigenvalue weighted by molar-refractivity contribution is 0.415. The van der Waals surface area contributed by atoms with E-state index in [0.717, 1.165) is 10.8 Å². The minimum absolute atomic E-state index is 0.809. The second-order valence-electron chi connectivity index (χ2n) is 3.19. The summed E-state index contributed by atoms with van der Waals surface area (Å²) in [6.45, 7) is 0. The van der Waals surface area contributed by atoms with Crippen LogP contribution in [0.4, 0.5) is 0 Å². The molecule has 1 aliphatic rings. The van der Waals surface area contributed by atoms with Gasteiger partial charge >= 0.3 is 0 Å². The summed E-state index contributed by atoms with van der Waals surface area (Å²) in [4.78, 5) is 1.16. The first kappa shape index (κ1) is 7.23. The van der Waals surface area contributed by atoms with Gasteiger partial charge in [0.1, 0.15) is 0 Å². The van der Waals surface area contributed by atoms with E-state index in [1.165, 1.54) is 24.8 Å². The zero-order valence-electron chi connectivity index (χ0n) is 6.46. The van der Waals surface area contributed by atoms with Crippen molar-refractivity contribution in [2.45, 2.75) is 30.1 Å². The van der Waals surface area contributed by atoms with E-state index in [0.29, 0.717) is 0 Å². The van der Waals surface area contributed by atoms with Crippen LogP contribution in [0.25, 0.3) is 0 Å².